The van der Waals surface area contributed by atoms with E-state index in [1.807, 2.05) is 24.4 Å². The molecule has 0 bridgehead atoms. The fourth-order valence-corrected chi connectivity index (χ4v) is 2.88. The van der Waals surface area contributed by atoms with Crippen LogP contribution in [0.4, 0.5) is 4.39 Å². The lowest BCUT2D eigenvalue weighted by Crippen LogP contribution is -2.26. The number of benzene rings is 1. The van der Waals surface area contributed by atoms with Crippen LogP contribution >= 0.6 is 11.3 Å². The minimum absolute atomic E-state index is 0.123. The number of hydrogen-bond acceptors (Lipinski definition) is 5. The van der Waals surface area contributed by atoms with Crippen molar-refractivity contribution >= 4 is 17.2 Å². The third-order valence-corrected chi connectivity index (χ3v) is 4.39. The fourth-order valence-electron chi connectivity index (χ4n) is 2.23. The van der Waals surface area contributed by atoms with Crippen molar-refractivity contribution in [2.75, 3.05) is 0 Å². The highest BCUT2D eigenvalue weighted by atomic mass is 32.1. The molecule has 0 fully saturated rings. The van der Waals surface area contributed by atoms with Crippen molar-refractivity contribution in [2.24, 2.45) is 0 Å². The third kappa shape index (κ3) is 4.05. The summed E-state index contributed by atoms with van der Waals surface area (Å²) in [5, 5.41) is 8.72. The Hall–Kier alpha value is -2.54. The van der Waals surface area contributed by atoms with Gasteiger partial charge in [-0.1, -0.05) is 23.4 Å². The van der Waals surface area contributed by atoms with E-state index in [-0.39, 0.29) is 24.2 Å². The van der Waals surface area contributed by atoms with Crippen LogP contribution in [0.15, 0.2) is 46.3 Å². The molecule has 3 rings (SSSR count). The first-order valence-electron chi connectivity index (χ1n) is 7.53. The first-order valence-corrected chi connectivity index (χ1v) is 8.41. The Balaban J connectivity index is 1.51. The van der Waals surface area contributed by atoms with E-state index in [0.29, 0.717) is 18.1 Å². The number of aryl methyl sites for hydroxylation is 1. The van der Waals surface area contributed by atoms with Gasteiger partial charge in [0.25, 0.3) is 0 Å². The molecule has 0 spiro atoms. The molecule has 1 amide bonds. The van der Waals surface area contributed by atoms with Crippen LogP contribution in [-0.2, 0) is 11.2 Å². The molecule has 0 saturated heterocycles. The molecule has 2 aromatic heterocycles. The smallest absolute Gasteiger partial charge is 0.227 e. The molecule has 0 aliphatic heterocycles. The Morgan fingerprint density at radius 2 is 2.12 bits per heavy atom. The average Bonchev–Trinajstić information content (AvgIpc) is 3.25. The second-order valence-electron chi connectivity index (χ2n) is 5.33. The van der Waals surface area contributed by atoms with E-state index >= 15 is 0 Å². The van der Waals surface area contributed by atoms with Crippen LogP contribution in [0.25, 0.3) is 10.7 Å². The Kier molecular flexibility index (Phi) is 5.00. The topological polar surface area (TPSA) is 68.0 Å². The highest BCUT2D eigenvalue weighted by molar-refractivity contribution is 7.13. The van der Waals surface area contributed by atoms with Gasteiger partial charge < -0.3 is 9.84 Å². The van der Waals surface area contributed by atoms with E-state index in [1.165, 1.54) is 23.5 Å². The number of halogens is 1. The van der Waals surface area contributed by atoms with E-state index in [0.717, 1.165) is 10.4 Å². The lowest BCUT2D eigenvalue weighted by Gasteiger charge is -2.13. The molecular formula is C17H16FN3O2S. The van der Waals surface area contributed by atoms with Crippen molar-refractivity contribution in [1.29, 1.82) is 0 Å². The zero-order valence-electron chi connectivity index (χ0n) is 13.0. The second-order valence-corrected chi connectivity index (χ2v) is 6.28. The van der Waals surface area contributed by atoms with E-state index < -0.39 is 0 Å². The van der Waals surface area contributed by atoms with Crippen LogP contribution in [0, 0.1) is 5.82 Å². The van der Waals surface area contributed by atoms with Gasteiger partial charge in [-0.05, 0) is 36.1 Å². The van der Waals surface area contributed by atoms with Crippen LogP contribution in [0.5, 0.6) is 0 Å². The summed E-state index contributed by atoms with van der Waals surface area (Å²) in [6.45, 7) is 1.85. The van der Waals surface area contributed by atoms with Crippen molar-refractivity contribution in [1.82, 2.24) is 15.5 Å². The fraction of sp³-hybridized carbons (Fsp3) is 0.235. The lowest BCUT2D eigenvalue weighted by molar-refractivity contribution is -0.121. The zero-order valence-corrected chi connectivity index (χ0v) is 13.8. The first kappa shape index (κ1) is 16.3. The number of amides is 1. The number of nitrogens with one attached hydrogen (secondary N) is 1. The number of carbonyl (C=O) groups excluding carboxylic acids is 1. The van der Waals surface area contributed by atoms with Crippen molar-refractivity contribution in [3.63, 3.8) is 0 Å². The standard InChI is InChI=1S/C17H16FN3O2S/c1-11(12-4-6-13(18)7-5-12)19-15(22)8-9-16-20-17(21-23-16)14-3-2-10-24-14/h2-7,10-11H,8-9H2,1H3,(H,19,22)/t11-/m0/s1. The summed E-state index contributed by atoms with van der Waals surface area (Å²) < 4.78 is 18.1. The third-order valence-electron chi connectivity index (χ3n) is 3.52. The number of thiophene rings is 1. The molecule has 0 aliphatic rings. The molecule has 7 heteroatoms. The molecule has 0 saturated carbocycles. The van der Waals surface area contributed by atoms with Crippen molar-refractivity contribution in [2.45, 2.75) is 25.8 Å². The molecule has 1 atom stereocenters. The van der Waals surface area contributed by atoms with Crippen LogP contribution in [0.2, 0.25) is 0 Å². The minimum Gasteiger partial charge on any atom is -0.350 e. The molecule has 124 valence electrons. The number of carbonyl (C=O) groups is 1. The summed E-state index contributed by atoms with van der Waals surface area (Å²) >= 11 is 1.53. The molecule has 2 heterocycles. The Labute approximate surface area is 142 Å². The Morgan fingerprint density at radius 3 is 2.83 bits per heavy atom. The SMILES string of the molecule is C[C@H](NC(=O)CCc1nc(-c2cccs2)no1)c1ccc(F)cc1. The summed E-state index contributed by atoms with van der Waals surface area (Å²) in [7, 11) is 0. The van der Waals surface area contributed by atoms with Crippen LogP contribution in [-0.4, -0.2) is 16.0 Å². The summed E-state index contributed by atoms with van der Waals surface area (Å²) in [6, 6.07) is 9.71. The molecule has 0 aliphatic carbocycles. The van der Waals surface area contributed by atoms with Crippen LogP contribution in [0.3, 0.4) is 0 Å². The summed E-state index contributed by atoms with van der Waals surface area (Å²) in [5.41, 5.74) is 0.850. The largest absolute Gasteiger partial charge is 0.350 e. The number of aromatic nitrogens is 2. The van der Waals surface area contributed by atoms with Gasteiger partial charge in [0.2, 0.25) is 17.6 Å². The van der Waals surface area contributed by atoms with Gasteiger partial charge in [0.15, 0.2) is 0 Å². The van der Waals surface area contributed by atoms with Crippen molar-refractivity contribution in [3.05, 3.63) is 59.0 Å². The van der Waals surface area contributed by atoms with Gasteiger partial charge in [-0.25, -0.2) is 4.39 Å². The summed E-state index contributed by atoms with van der Waals surface area (Å²) in [6.07, 6.45) is 0.623. The molecule has 0 unspecified atom stereocenters. The van der Waals surface area contributed by atoms with Crippen LogP contribution in [0.1, 0.15) is 30.8 Å². The van der Waals surface area contributed by atoms with E-state index in [9.17, 15) is 9.18 Å². The summed E-state index contributed by atoms with van der Waals surface area (Å²) in [4.78, 5) is 17.2. The quantitative estimate of drug-likeness (QED) is 0.739. The molecular weight excluding hydrogens is 329 g/mol. The van der Waals surface area contributed by atoms with Crippen molar-refractivity contribution < 1.29 is 13.7 Å². The molecule has 5 nitrogen and oxygen atoms in total. The monoisotopic (exact) mass is 345 g/mol. The van der Waals surface area contributed by atoms with Gasteiger partial charge in [-0.3, -0.25) is 4.79 Å². The van der Waals surface area contributed by atoms with Gasteiger partial charge in [0.1, 0.15) is 5.82 Å². The lowest BCUT2D eigenvalue weighted by atomic mass is 10.1. The maximum Gasteiger partial charge on any atom is 0.227 e. The molecule has 1 aromatic carbocycles. The maximum absolute atomic E-state index is 12.9. The van der Waals surface area contributed by atoms with Gasteiger partial charge in [0, 0.05) is 12.8 Å². The predicted octanol–water partition coefficient (Wildman–Crippen LogP) is 3.75. The highest BCUT2D eigenvalue weighted by Gasteiger charge is 2.13. The predicted molar refractivity (Wildman–Crippen MR) is 88.9 cm³/mol. The van der Waals surface area contributed by atoms with Crippen molar-refractivity contribution in [3.8, 4) is 10.7 Å². The number of nitrogens with zero attached hydrogens (tertiary/aromatic N) is 2. The normalized spacial score (nSPS) is 12.1. The Morgan fingerprint density at radius 1 is 1.33 bits per heavy atom. The van der Waals surface area contributed by atoms with E-state index in [4.69, 9.17) is 4.52 Å². The van der Waals surface area contributed by atoms with E-state index in [1.54, 1.807) is 12.1 Å². The molecule has 1 N–H and O–H groups in total. The Bertz CT molecular complexity index is 800. The highest BCUT2D eigenvalue weighted by Crippen LogP contribution is 2.21. The molecule has 24 heavy (non-hydrogen) atoms. The maximum atomic E-state index is 12.9. The number of rotatable bonds is 6. The van der Waals surface area contributed by atoms with Gasteiger partial charge in [-0.15, -0.1) is 11.3 Å². The molecule has 3 aromatic rings. The van der Waals surface area contributed by atoms with Crippen LogP contribution < -0.4 is 5.32 Å². The minimum atomic E-state index is -0.296. The van der Waals surface area contributed by atoms with Gasteiger partial charge >= 0.3 is 0 Å². The first-order chi connectivity index (χ1) is 11.6. The average molecular weight is 345 g/mol. The summed E-state index contributed by atoms with van der Waals surface area (Å²) in [5.74, 6) is 0.556. The van der Waals surface area contributed by atoms with E-state index in [2.05, 4.69) is 15.5 Å². The van der Waals surface area contributed by atoms with Gasteiger partial charge in [0.05, 0.1) is 10.9 Å². The number of hydrogen-bond donors (Lipinski definition) is 1. The second kappa shape index (κ2) is 7.35. The molecule has 0 radical (unpaired) electrons. The van der Waals surface area contributed by atoms with Gasteiger partial charge in [-0.2, -0.15) is 4.98 Å². The zero-order chi connectivity index (χ0) is 16.9.